The molecule has 0 bridgehead atoms. The Bertz CT molecular complexity index is 568. The quantitative estimate of drug-likeness (QED) is 0.813. The van der Waals surface area contributed by atoms with E-state index in [1.807, 2.05) is 12.3 Å². The van der Waals surface area contributed by atoms with Gasteiger partial charge in [-0.3, -0.25) is 4.98 Å². The fourth-order valence-electron chi connectivity index (χ4n) is 2.28. The lowest BCUT2D eigenvalue weighted by Crippen LogP contribution is -2.32. The van der Waals surface area contributed by atoms with Crippen LogP contribution in [0, 0.1) is 4.77 Å². The minimum absolute atomic E-state index is 0.388. The molecule has 1 N–H and O–H groups in total. The first-order valence-electron chi connectivity index (χ1n) is 5.36. The maximum Gasteiger partial charge on any atom is 0.178 e. The fraction of sp³-hybridized carbons (Fsp3) is 0.455. The monoisotopic (exact) mass is 235 g/mol. The highest BCUT2D eigenvalue weighted by atomic mass is 32.1. The molecule has 1 fully saturated rings. The Morgan fingerprint density at radius 1 is 1.56 bits per heavy atom. The second-order valence-electron chi connectivity index (χ2n) is 4.18. The number of rotatable bonds is 2. The second kappa shape index (κ2) is 3.68. The number of imidazole rings is 1. The van der Waals surface area contributed by atoms with Crippen molar-refractivity contribution < 1.29 is 4.74 Å². The van der Waals surface area contributed by atoms with Gasteiger partial charge in [0.05, 0.1) is 23.3 Å². The van der Waals surface area contributed by atoms with Crippen molar-refractivity contribution in [1.29, 1.82) is 0 Å². The average molecular weight is 235 g/mol. The van der Waals surface area contributed by atoms with Gasteiger partial charge in [-0.15, -0.1) is 0 Å². The molecule has 1 saturated carbocycles. The number of H-pyrrole nitrogens is 1. The van der Waals surface area contributed by atoms with E-state index in [9.17, 15) is 0 Å². The van der Waals surface area contributed by atoms with Crippen molar-refractivity contribution in [3.05, 3.63) is 23.2 Å². The first-order chi connectivity index (χ1) is 7.79. The zero-order chi connectivity index (χ0) is 11.1. The van der Waals surface area contributed by atoms with Gasteiger partial charge in [-0.1, -0.05) is 0 Å². The smallest absolute Gasteiger partial charge is 0.178 e. The number of methoxy groups -OCH3 is 1. The Labute approximate surface area is 98.3 Å². The third-order valence-corrected chi connectivity index (χ3v) is 3.59. The first-order valence-corrected chi connectivity index (χ1v) is 5.77. The number of aromatic nitrogens is 3. The summed E-state index contributed by atoms with van der Waals surface area (Å²) >= 11 is 5.34. The van der Waals surface area contributed by atoms with E-state index in [2.05, 4.69) is 14.5 Å². The standard InChI is InChI=1S/C11H13N3OS/c1-15-8-4-7(5-8)14-10-2-3-12-6-9(10)13-11(14)16/h2-3,6-8H,4-5H2,1H3,(H,13,16). The number of pyridine rings is 1. The Morgan fingerprint density at radius 3 is 3.12 bits per heavy atom. The molecular weight excluding hydrogens is 222 g/mol. The summed E-state index contributed by atoms with van der Waals surface area (Å²) in [6.45, 7) is 0. The van der Waals surface area contributed by atoms with Gasteiger partial charge in [0.1, 0.15) is 0 Å². The minimum Gasteiger partial charge on any atom is -0.381 e. The molecule has 0 aromatic carbocycles. The predicted octanol–water partition coefficient (Wildman–Crippen LogP) is 2.44. The van der Waals surface area contributed by atoms with Crippen LogP contribution in [0.1, 0.15) is 18.9 Å². The summed E-state index contributed by atoms with van der Waals surface area (Å²) in [7, 11) is 1.76. The van der Waals surface area contributed by atoms with E-state index in [-0.39, 0.29) is 0 Å². The first kappa shape index (κ1) is 9.99. The molecule has 1 aliphatic rings. The van der Waals surface area contributed by atoms with E-state index >= 15 is 0 Å². The lowest BCUT2D eigenvalue weighted by Gasteiger charge is -2.35. The zero-order valence-electron chi connectivity index (χ0n) is 9.01. The Balaban J connectivity index is 2.04. The molecule has 0 saturated heterocycles. The van der Waals surface area contributed by atoms with E-state index < -0.39 is 0 Å². The van der Waals surface area contributed by atoms with Crippen LogP contribution in [0.3, 0.4) is 0 Å². The number of aromatic amines is 1. The van der Waals surface area contributed by atoms with E-state index in [4.69, 9.17) is 17.0 Å². The van der Waals surface area contributed by atoms with Crippen molar-refractivity contribution in [2.45, 2.75) is 25.0 Å². The summed E-state index contributed by atoms with van der Waals surface area (Å²) in [4.78, 5) is 7.27. The van der Waals surface area contributed by atoms with Crippen LogP contribution in [0.15, 0.2) is 18.5 Å². The van der Waals surface area contributed by atoms with Crippen molar-refractivity contribution in [3.63, 3.8) is 0 Å². The van der Waals surface area contributed by atoms with Crippen LogP contribution in [0.4, 0.5) is 0 Å². The number of hydrogen-bond acceptors (Lipinski definition) is 3. The van der Waals surface area contributed by atoms with Crippen molar-refractivity contribution in [1.82, 2.24) is 14.5 Å². The van der Waals surface area contributed by atoms with Gasteiger partial charge in [0.2, 0.25) is 0 Å². The van der Waals surface area contributed by atoms with Crippen molar-refractivity contribution in [2.24, 2.45) is 0 Å². The Morgan fingerprint density at radius 2 is 2.38 bits per heavy atom. The van der Waals surface area contributed by atoms with Crippen LogP contribution in [-0.2, 0) is 4.74 Å². The Kier molecular flexibility index (Phi) is 2.29. The number of nitrogens with one attached hydrogen (secondary N) is 1. The number of fused-ring (bicyclic) bond motifs is 1. The molecule has 84 valence electrons. The molecule has 5 heteroatoms. The van der Waals surface area contributed by atoms with Gasteiger partial charge in [0.15, 0.2) is 4.77 Å². The zero-order valence-corrected chi connectivity index (χ0v) is 9.83. The minimum atomic E-state index is 0.388. The van der Waals surface area contributed by atoms with E-state index in [0.29, 0.717) is 12.1 Å². The van der Waals surface area contributed by atoms with Crippen molar-refractivity contribution in [3.8, 4) is 0 Å². The molecular formula is C11H13N3OS. The molecule has 0 radical (unpaired) electrons. The molecule has 0 atom stereocenters. The highest BCUT2D eigenvalue weighted by Crippen LogP contribution is 2.36. The molecule has 1 aliphatic carbocycles. The van der Waals surface area contributed by atoms with Gasteiger partial charge >= 0.3 is 0 Å². The van der Waals surface area contributed by atoms with Crippen molar-refractivity contribution >= 4 is 23.3 Å². The van der Waals surface area contributed by atoms with Gasteiger partial charge in [-0.05, 0) is 31.1 Å². The topological polar surface area (TPSA) is 42.8 Å². The van der Waals surface area contributed by atoms with Crippen LogP contribution in [0.25, 0.3) is 11.0 Å². The molecule has 0 amide bonds. The van der Waals surface area contributed by atoms with Crippen LogP contribution in [0.5, 0.6) is 0 Å². The third-order valence-electron chi connectivity index (χ3n) is 3.29. The summed E-state index contributed by atoms with van der Waals surface area (Å²) in [5.41, 5.74) is 2.15. The average Bonchev–Trinajstić information content (AvgIpc) is 2.54. The number of nitrogens with zero attached hydrogens (tertiary/aromatic N) is 2. The van der Waals surface area contributed by atoms with E-state index in [0.717, 1.165) is 28.6 Å². The van der Waals surface area contributed by atoms with E-state index in [1.165, 1.54) is 0 Å². The molecule has 2 aromatic heterocycles. The van der Waals surface area contributed by atoms with Gasteiger partial charge in [-0.25, -0.2) is 0 Å². The largest absolute Gasteiger partial charge is 0.381 e. The summed E-state index contributed by atoms with van der Waals surface area (Å²) in [6.07, 6.45) is 6.08. The SMILES string of the molecule is COC1CC(n2c(=S)[nH]c3cnccc32)C1. The summed E-state index contributed by atoms with van der Waals surface area (Å²) in [6, 6.07) is 2.47. The molecule has 0 unspecified atom stereocenters. The number of hydrogen-bond donors (Lipinski definition) is 1. The molecule has 0 spiro atoms. The maximum atomic E-state index is 5.34. The lowest BCUT2D eigenvalue weighted by atomic mass is 9.89. The van der Waals surface area contributed by atoms with Gasteiger partial charge in [0.25, 0.3) is 0 Å². The number of ether oxygens (including phenoxy) is 1. The van der Waals surface area contributed by atoms with Crippen LogP contribution in [-0.4, -0.2) is 27.7 Å². The molecule has 4 nitrogen and oxygen atoms in total. The van der Waals surface area contributed by atoms with E-state index in [1.54, 1.807) is 13.3 Å². The normalized spacial score (nSPS) is 24.6. The van der Waals surface area contributed by atoms with Gasteiger partial charge < -0.3 is 14.3 Å². The highest BCUT2D eigenvalue weighted by Gasteiger charge is 2.31. The summed E-state index contributed by atoms with van der Waals surface area (Å²) in [5.74, 6) is 0. The molecule has 16 heavy (non-hydrogen) atoms. The van der Waals surface area contributed by atoms with Gasteiger partial charge in [0, 0.05) is 19.3 Å². The predicted molar refractivity (Wildman–Crippen MR) is 64.0 cm³/mol. The Hall–Kier alpha value is -1.20. The fourth-order valence-corrected chi connectivity index (χ4v) is 2.64. The summed E-state index contributed by atoms with van der Waals surface area (Å²) < 4.78 is 8.26. The molecule has 2 heterocycles. The molecule has 3 rings (SSSR count). The maximum absolute atomic E-state index is 5.34. The van der Waals surface area contributed by atoms with Crippen molar-refractivity contribution in [2.75, 3.05) is 7.11 Å². The highest BCUT2D eigenvalue weighted by molar-refractivity contribution is 7.71. The summed E-state index contributed by atoms with van der Waals surface area (Å²) in [5, 5.41) is 0. The third kappa shape index (κ3) is 1.39. The lowest BCUT2D eigenvalue weighted by molar-refractivity contribution is 0.00698. The molecule has 2 aromatic rings. The van der Waals surface area contributed by atoms with Gasteiger partial charge in [-0.2, -0.15) is 0 Å². The second-order valence-corrected chi connectivity index (χ2v) is 4.56. The van der Waals surface area contributed by atoms with Crippen LogP contribution >= 0.6 is 12.2 Å². The van der Waals surface area contributed by atoms with Crippen LogP contribution in [0.2, 0.25) is 0 Å². The van der Waals surface area contributed by atoms with Crippen LogP contribution < -0.4 is 0 Å². The molecule has 0 aliphatic heterocycles.